The molecule has 3 N–H and O–H groups in total. The lowest BCUT2D eigenvalue weighted by Crippen LogP contribution is -2.20. The SMILES string of the molecule is Cl.N[C@@H](CC(F)(F)F)c1cc(I)cc(I)c1O. The first-order valence-corrected chi connectivity index (χ1v) is 6.36. The Labute approximate surface area is 130 Å². The maximum Gasteiger partial charge on any atom is 0.390 e. The number of hydrogen-bond acceptors (Lipinski definition) is 2. The van der Waals surface area contributed by atoms with E-state index in [2.05, 4.69) is 0 Å². The van der Waals surface area contributed by atoms with Crippen LogP contribution in [0, 0.1) is 7.14 Å². The van der Waals surface area contributed by atoms with Crippen LogP contribution in [0.1, 0.15) is 18.0 Å². The predicted molar refractivity (Wildman–Crippen MR) is 78.4 cm³/mol. The lowest BCUT2D eigenvalue weighted by molar-refractivity contribution is -0.138. The molecule has 2 nitrogen and oxygen atoms in total. The normalized spacial score (nSPS) is 13.1. The lowest BCUT2D eigenvalue weighted by Gasteiger charge is -2.16. The lowest BCUT2D eigenvalue weighted by atomic mass is 10.0. The molecule has 0 radical (unpaired) electrons. The molecule has 0 fully saturated rings. The summed E-state index contributed by atoms with van der Waals surface area (Å²) in [6.45, 7) is 0. The molecule has 0 heterocycles. The van der Waals surface area contributed by atoms with Gasteiger partial charge in [0.05, 0.1) is 9.99 Å². The van der Waals surface area contributed by atoms with Crippen LogP contribution >= 0.6 is 57.6 Å². The van der Waals surface area contributed by atoms with E-state index < -0.39 is 18.6 Å². The summed E-state index contributed by atoms with van der Waals surface area (Å²) in [7, 11) is 0. The molecule has 0 aromatic heterocycles. The van der Waals surface area contributed by atoms with Crippen LogP contribution in [0.5, 0.6) is 5.75 Å². The number of alkyl halides is 3. The second kappa shape index (κ2) is 6.62. The van der Waals surface area contributed by atoms with E-state index in [4.69, 9.17) is 5.73 Å². The van der Waals surface area contributed by atoms with Crippen LogP contribution in [0.4, 0.5) is 13.2 Å². The molecule has 98 valence electrons. The van der Waals surface area contributed by atoms with Crippen molar-refractivity contribution in [2.45, 2.75) is 18.6 Å². The first kappa shape index (κ1) is 17.5. The van der Waals surface area contributed by atoms with Crippen LogP contribution in [0.3, 0.4) is 0 Å². The van der Waals surface area contributed by atoms with Crippen LogP contribution in [0.25, 0.3) is 0 Å². The van der Waals surface area contributed by atoms with Crippen LogP contribution in [-0.2, 0) is 0 Å². The zero-order valence-electron chi connectivity index (χ0n) is 8.26. The van der Waals surface area contributed by atoms with Crippen LogP contribution in [0.15, 0.2) is 12.1 Å². The average molecular weight is 493 g/mol. The largest absolute Gasteiger partial charge is 0.506 e. The molecule has 0 unspecified atom stereocenters. The minimum atomic E-state index is -4.33. The first-order valence-electron chi connectivity index (χ1n) is 4.21. The minimum absolute atomic E-state index is 0. The summed E-state index contributed by atoms with van der Waals surface area (Å²) in [6.07, 6.45) is -5.48. The summed E-state index contributed by atoms with van der Waals surface area (Å²) in [5.41, 5.74) is 5.57. The Morgan fingerprint density at radius 1 is 1.29 bits per heavy atom. The molecular formula is C9H9ClF3I2NO. The van der Waals surface area contributed by atoms with Gasteiger partial charge in [-0.3, -0.25) is 0 Å². The summed E-state index contributed by atoms with van der Waals surface area (Å²) >= 11 is 3.82. The van der Waals surface area contributed by atoms with Crippen molar-refractivity contribution in [3.8, 4) is 5.75 Å². The average Bonchev–Trinajstić information content (AvgIpc) is 2.08. The van der Waals surface area contributed by atoms with Crippen molar-refractivity contribution in [1.29, 1.82) is 0 Å². The molecule has 0 saturated carbocycles. The van der Waals surface area contributed by atoms with Gasteiger partial charge >= 0.3 is 6.18 Å². The molecule has 0 amide bonds. The highest BCUT2D eigenvalue weighted by Crippen LogP contribution is 2.35. The third-order valence-electron chi connectivity index (χ3n) is 1.91. The van der Waals surface area contributed by atoms with E-state index in [0.29, 0.717) is 3.57 Å². The van der Waals surface area contributed by atoms with Gasteiger partial charge in [-0.25, -0.2) is 0 Å². The van der Waals surface area contributed by atoms with Gasteiger partial charge in [-0.1, -0.05) is 0 Å². The van der Waals surface area contributed by atoms with Gasteiger partial charge in [-0.15, -0.1) is 12.4 Å². The maximum atomic E-state index is 12.2. The molecule has 1 atom stereocenters. The highest BCUT2D eigenvalue weighted by molar-refractivity contribution is 14.1. The predicted octanol–water partition coefficient (Wildman–Crippen LogP) is 3.98. The van der Waals surface area contributed by atoms with Crippen LogP contribution in [0.2, 0.25) is 0 Å². The number of rotatable bonds is 2. The second-order valence-corrected chi connectivity index (χ2v) is 5.66. The third-order valence-corrected chi connectivity index (χ3v) is 3.35. The Balaban J connectivity index is 0.00000256. The van der Waals surface area contributed by atoms with Crippen LogP contribution in [-0.4, -0.2) is 11.3 Å². The van der Waals surface area contributed by atoms with Gasteiger partial charge in [0.15, 0.2) is 0 Å². The molecule has 1 aromatic carbocycles. The summed E-state index contributed by atoms with van der Waals surface area (Å²) in [4.78, 5) is 0. The van der Waals surface area contributed by atoms with E-state index in [1.165, 1.54) is 6.07 Å². The van der Waals surface area contributed by atoms with E-state index in [1.54, 1.807) is 6.07 Å². The van der Waals surface area contributed by atoms with Crippen molar-refractivity contribution >= 4 is 57.6 Å². The number of phenolic OH excluding ortho intramolecular Hbond substituents is 1. The molecule has 0 spiro atoms. The molecule has 8 heteroatoms. The van der Waals surface area contributed by atoms with E-state index in [-0.39, 0.29) is 23.7 Å². The fraction of sp³-hybridized carbons (Fsp3) is 0.333. The van der Waals surface area contributed by atoms with Gasteiger partial charge in [0.2, 0.25) is 0 Å². The summed E-state index contributed by atoms with van der Waals surface area (Å²) in [5.74, 6) is -0.169. The van der Waals surface area contributed by atoms with Crippen molar-refractivity contribution in [1.82, 2.24) is 0 Å². The monoisotopic (exact) mass is 493 g/mol. The number of phenols is 1. The Kier molecular flexibility index (Phi) is 6.82. The quantitative estimate of drug-likeness (QED) is 0.613. The summed E-state index contributed by atoms with van der Waals surface area (Å²) in [6, 6.07) is 1.90. The molecule has 0 bridgehead atoms. The Morgan fingerprint density at radius 2 is 1.82 bits per heavy atom. The van der Waals surface area contributed by atoms with Crippen molar-refractivity contribution in [3.05, 3.63) is 24.8 Å². The highest BCUT2D eigenvalue weighted by atomic mass is 127. The Bertz CT molecular complexity index is 401. The minimum Gasteiger partial charge on any atom is -0.506 e. The number of nitrogens with two attached hydrogens (primary N) is 1. The standard InChI is InChI=1S/C9H8F3I2NO.ClH/c10-9(11,12)3-7(15)5-1-4(13)2-6(14)8(5)16;/h1-2,7,16H,3,15H2;1H/t7-;/m0./s1. The zero-order chi connectivity index (χ0) is 12.5. The fourth-order valence-electron chi connectivity index (χ4n) is 1.23. The topological polar surface area (TPSA) is 46.2 Å². The van der Waals surface area contributed by atoms with Crippen molar-refractivity contribution in [2.24, 2.45) is 5.73 Å². The second-order valence-electron chi connectivity index (χ2n) is 3.25. The number of hydrogen-bond donors (Lipinski definition) is 2. The maximum absolute atomic E-state index is 12.2. The molecule has 0 aliphatic rings. The summed E-state index contributed by atoms with van der Waals surface area (Å²) < 4.78 is 37.7. The smallest absolute Gasteiger partial charge is 0.390 e. The molecule has 0 saturated heterocycles. The first-order chi connectivity index (χ1) is 7.20. The molecule has 17 heavy (non-hydrogen) atoms. The van der Waals surface area contributed by atoms with E-state index in [9.17, 15) is 18.3 Å². The van der Waals surface area contributed by atoms with Crippen LogP contribution < -0.4 is 5.73 Å². The molecule has 1 rings (SSSR count). The molecule has 0 aliphatic carbocycles. The van der Waals surface area contributed by atoms with E-state index in [1.807, 2.05) is 45.2 Å². The van der Waals surface area contributed by atoms with Crippen molar-refractivity contribution < 1.29 is 18.3 Å². The number of benzene rings is 1. The van der Waals surface area contributed by atoms with E-state index in [0.717, 1.165) is 3.57 Å². The van der Waals surface area contributed by atoms with Crippen molar-refractivity contribution in [3.63, 3.8) is 0 Å². The number of aromatic hydroxyl groups is 1. The Morgan fingerprint density at radius 3 is 2.29 bits per heavy atom. The zero-order valence-corrected chi connectivity index (χ0v) is 13.4. The van der Waals surface area contributed by atoms with E-state index >= 15 is 0 Å². The molecule has 1 aromatic rings. The molecular weight excluding hydrogens is 484 g/mol. The summed E-state index contributed by atoms with van der Waals surface area (Å²) in [5, 5.41) is 9.63. The van der Waals surface area contributed by atoms with Gasteiger partial charge in [0.25, 0.3) is 0 Å². The van der Waals surface area contributed by atoms with Gasteiger partial charge in [-0.05, 0) is 57.3 Å². The van der Waals surface area contributed by atoms with Gasteiger partial charge in [0.1, 0.15) is 5.75 Å². The fourth-order valence-corrected chi connectivity index (χ4v) is 3.12. The van der Waals surface area contributed by atoms with Crippen molar-refractivity contribution in [2.75, 3.05) is 0 Å². The van der Waals surface area contributed by atoms with Gasteiger partial charge in [0, 0.05) is 15.2 Å². The third kappa shape index (κ3) is 5.35. The highest BCUT2D eigenvalue weighted by Gasteiger charge is 2.32. The van der Waals surface area contributed by atoms with Gasteiger partial charge < -0.3 is 10.8 Å². The Hall–Kier alpha value is 0.520. The molecule has 0 aliphatic heterocycles. The number of halogens is 6. The van der Waals surface area contributed by atoms with Gasteiger partial charge in [-0.2, -0.15) is 13.2 Å².